The minimum Gasteiger partial charge on any atom is -0.497 e. The van der Waals surface area contributed by atoms with Crippen LogP contribution in [0.2, 0.25) is 0 Å². The Hall–Kier alpha value is -3.32. The Morgan fingerprint density at radius 3 is 2.31 bits per heavy atom. The summed E-state index contributed by atoms with van der Waals surface area (Å²) < 4.78 is 16.2. The van der Waals surface area contributed by atoms with Gasteiger partial charge in [-0.05, 0) is 69.2 Å². The number of benzene rings is 2. The molecule has 3 aromatic rings. The van der Waals surface area contributed by atoms with Crippen molar-refractivity contribution in [3.63, 3.8) is 0 Å². The number of carbonyl (C=O) groups excluding carboxylic acids is 2. The second kappa shape index (κ2) is 11.9. The lowest BCUT2D eigenvalue weighted by atomic mass is 9.94. The summed E-state index contributed by atoms with van der Waals surface area (Å²) in [5.41, 5.74) is 2.70. The number of ketones is 1. The van der Waals surface area contributed by atoms with Gasteiger partial charge in [-0.25, -0.2) is 0 Å². The van der Waals surface area contributed by atoms with E-state index in [9.17, 15) is 9.59 Å². The fraction of sp³-hybridized carbons (Fsp3) is 0.370. The number of anilines is 1. The van der Waals surface area contributed by atoms with Crippen LogP contribution >= 0.6 is 12.4 Å². The van der Waals surface area contributed by atoms with Gasteiger partial charge in [0.05, 0.1) is 43.0 Å². The number of hydrogen-bond acceptors (Lipinski definition) is 7. The first-order chi connectivity index (χ1) is 16.5. The van der Waals surface area contributed by atoms with E-state index in [1.807, 2.05) is 32.0 Å². The minimum atomic E-state index is -0.144. The third-order valence-electron chi connectivity index (χ3n) is 6.15. The van der Waals surface area contributed by atoms with E-state index in [1.54, 1.807) is 37.6 Å². The molecule has 1 aromatic heterocycles. The minimum absolute atomic E-state index is 0. The monoisotopic (exact) mass is 498 g/mol. The van der Waals surface area contributed by atoms with Crippen LogP contribution in [0.25, 0.3) is 10.9 Å². The van der Waals surface area contributed by atoms with Crippen molar-refractivity contribution in [2.45, 2.75) is 26.7 Å². The Kier molecular flexibility index (Phi) is 8.93. The Balaban J connectivity index is 0.00000342. The molecule has 186 valence electrons. The van der Waals surface area contributed by atoms with Crippen LogP contribution in [0.3, 0.4) is 0 Å². The maximum Gasteiger partial charge on any atom is 0.309 e. The highest BCUT2D eigenvalue weighted by molar-refractivity contribution is 6.16. The van der Waals surface area contributed by atoms with Crippen LogP contribution in [0.5, 0.6) is 11.5 Å². The molecule has 4 rings (SSSR count). The predicted molar refractivity (Wildman–Crippen MR) is 138 cm³/mol. The van der Waals surface area contributed by atoms with E-state index in [0.717, 1.165) is 22.3 Å². The number of ether oxygens (including phenoxy) is 3. The highest BCUT2D eigenvalue weighted by Crippen LogP contribution is 2.36. The van der Waals surface area contributed by atoms with Crippen LogP contribution < -0.4 is 14.4 Å². The first-order valence-corrected chi connectivity index (χ1v) is 11.7. The standard InChI is InChI=1S/C27H30N2O5.ClH/c1-4-33-20-8-6-18(7-9-20)26(30)23-17-28-24-11-10-21(32-3)16-22(24)25(23)29-14-12-19(13-15-29)27(31)34-5-2;/h6-11,16-17,19H,4-5,12-15H2,1-3H3;1H. The molecule has 0 saturated carbocycles. The number of carbonyl (C=O) groups is 2. The maximum absolute atomic E-state index is 13.6. The van der Waals surface area contributed by atoms with Crippen molar-refractivity contribution in [3.8, 4) is 11.5 Å². The first kappa shape index (κ1) is 26.3. The van der Waals surface area contributed by atoms with Crippen molar-refractivity contribution in [1.82, 2.24) is 4.98 Å². The second-order valence-corrected chi connectivity index (χ2v) is 8.20. The van der Waals surface area contributed by atoms with Crippen LogP contribution in [0, 0.1) is 5.92 Å². The zero-order valence-electron chi connectivity index (χ0n) is 20.3. The molecule has 0 radical (unpaired) electrons. The second-order valence-electron chi connectivity index (χ2n) is 8.20. The number of pyridine rings is 1. The smallest absolute Gasteiger partial charge is 0.309 e. The summed E-state index contributed by atoms with van der Waals surface area (Å²) >= 11 is 0. The summed E-state index contributed by atoms with van der Waals surface area (Å²) in [7, 11) is 1.62. The number of esters is 1. The third kappa shape index (κ3) is 5.68. The lowest BCUT2D eigenvalue weighted by molar-refractivity contribution is -0.148. The number of halogens is 1. The van der Waals surface area contributed by atoms with Gasteiger partial charge in [0, 0.05) is 30.2 Å². The lowest BCUT2D eigenvalue weighted by Crippen LogP contribution is -2.38. The molecule has 0 spiro atoms. The maximum atomic E-state index is 13.6. The number of aromatic nitrogens is 1. The summed E-state index contributed by atoms with van der Waals surface area (Å²) in [6.45, 7) is 5.98. The average Bonchev–Trinajstić information content (AvgIpc) is 2.88. The van der Waals surface area contributed by atoms with Gasteiger partial charge in [-0.3, -0.25) is 14.6 Å². The van der Waals surface area contributed by atoms with Crippen LogP contribution in [0.15, 0.2) is 48.7 Å². The van der Waals surface area contributed by atoms with Gasteiger partial charge in [0.1, 0.15) is 11.5 Å². The van der Waals surface area contributed by atoms with Crippen molar-refractivity contribution in [2.75, 3.05) is 38.3 Å². The van der Waals surface area contributed by atoms with Gasteiger partial charge in [-0.15, -0.1) is 12.4 Å². The van der Waals surface area contributed by atoms with E-state index >= 15 is 0 Å². The molecule has 7 nitrogen and oxygen atoms in total. The van der Waals surface area contributed by atoms with E-state index in [0.29, 0.717) is 56.0 Å². The Morgan fingerprint density at radius 2 is 1.69 bits per heavy atom. The van der Waals surface area contributed by atoms with Crippen molar-refractivity contribution in [3.05, 3.63) is 59.8 Å². The normalized spacial score (nSPS) is 13.7. The molecule has 0 amide bonds. The molecule has 0 atom stereocenters. The fourth-order valence-electron chi connectivity index (χ4n) is 4.42. The number of hydrogen-bond donors (Lipinski definition) is 0. The first-order valence-electron chi connectivity index (χ1n) is 11.7. The fourth-order valence-corrected chi connectivity index (χ4v) is 4.42. The molecule has 2 aromatic carbocycles. The number of fused-ring (bicyclic) bond motifs is 1. The highest BCUT2D eigenvalue weighted by Gasteiger charge is 2.29. The topological polar surface area (TPSA) is 78.0 Å². The quantitative estimate of drug-likeness (QED) is 0.317. The van der Waals surface area contributed by atoms with E-state index in [1.165, 1.54) is 0 Å². The summed E-state index contributed by atoms with van der Waals surface area (Å²) in [5.74, 6) is 1.05. The van der Waals surface area contributed by atoms with Crippen molar-refractivity contribution in [1.29, 1.82) is 0 Å². The average molecular weight is 499 g/mol. The molecule has 0 bridgehead atoms. The molecule has 1 aliphatic rings. The zero-order valence-corrected chi connectivity index (χ0v) is 21.1. The number of piperidine rings is 1. The lowest BCUT2D eigenvalue weighted by Gasteiger charge is -2.34. The molecule has 1 aliphatic heterocycles. The molecule has 1 saturated heterocycles. The van der Waals surface area contributed by atoms with E-state index < -0.39 is 0 Å². The van der Waals surface area contributed by atoms with Gasteiger partial charge in [-0.1, -0.05) is 0 Å². The van der Waals surface area contributed by atoms with Crippen LogP contribution in [0.4, 0.5) is 5.69 Å². The zero-order chi connectivity index (χ0) is 24.1. The summed E-state index contributed by atoms with van der Waals surface area (Å²) in [6.07, 6.45) is 2.99. The van der Waals surface area contributed by atoms with Crippen molar-refractivity contribution in [2.24, 2.45) is 5.92 Å². The van der Waals surface area contributed by atoms with Gasteiger partial charge in [-0.2, -0.15) is 0 Å². The molecule has 8 heteroatoms. The Labute approximate surface area is 211 Å². The molecule has 0 N–H and O–H groups in total. The number of methoxy groups -OCH3 is 1. The van der Waals surface area contributed by atoms with E-state index in [4.69, 9.17) is 14.2 Å². The van der Waals surface area contributed by atoms with Gasteiger partial charge in [0.2, 0.25) is 0 Å². The van der Waals surface area contributed by atoms with E-state index in [2.05, 4.69) is 9.88 Å². The molecular formula is C27H31ClN2O5. The SMILES string of the molecule is CCOC(=O)C1CCN(c2c(C(=O)c3ccc(OCC)cc3)cnc3ccc(OC)cc23)CC1.Cl. The van der Waals surface area contributed by atoms with Gasteiger partial charge in [0.15, 0.2) is 5.78 Å². The summed E-state index contributed by atoms with van der Waals surface area (Å²) in [4.78, 5) is 32.6. The van der Waals surface area contributed by atoms with Gasteiger partial charge in [0.25, 0.3) is 0 Å². The largest absolute Gasteiger partial charge is 0.497 e. The van der Waals surface area contributed by atoms with Crippen LogP contribution in [0.1, 0.15) is 42.6 Å². The van der Waals surface area contributed by atoms with E-state index in [-0.39, 0.29) is 30.1 Å². The molecule has 35 heavy (non-hydrogen) atoms. The summed E-state index contributed by atoms with van der Waals surface area (Å²) in [6, 6.07) is 12.8. The van der Waals surface area contributed by atoms with Gasteiger partial charge < -0.3 is 19.1 Å². The highest BCUT2D eigenvalue weighted by atomic mass is 35.5. The van der Waals surface area contributed by atoms with Crippen LogP contribution in [-0.4, -0.2) is 50.1 Å². The summed E-state index contributed by atoms with van der Waals surface area (Å²) in [5, 5.41) is 0.853. The molecular weight excluding hydrogens is 468 g/mol. The predicted octanol–water partition coefficient (Wildman–Crippen LogP) is 5.07. The molecule has 0 aliphatic carbocycles. The van der Waals surface area contributed by atoms with Crippen molar-refractivity contribution < 1.29 is 23.8 Å². The van der Waals surface area contributed by atoms with Crippen molar-refractivity contribution >= 4 is 40.7 Å². The molecule has 2 heterocycles. The Bertz CT molecular complexity index is 1170. The molecule has 0 unspecified atom stereocenters. The third-order valence-corrected chi connectivity index (χ3v) is 6.15. The molecule has 1 fully saturated rings. The Morgan fingerprint density at radius 1 is 1.00 bits per heavy atom. The van der Waals surface area contributed by atoms with Gasteiger partial charge >= 0.3 is 5.97 Å². The van der Waals surface area contributed by atoms with Crippen LogP contribution in [-0.2, 0) is 9.53 Å². The number of rotatable bonds is 8. The number of nitrogens with zero attached hydrogens (tertiary/aromatic N) is 2.